The summed E-state index contributed by atoms with van der Waals surface area (Å²) in [5, 5.41) is 18.2. The van der Waals surface area contributed by atoms with E-state index in [-0.39, 0.29) is 13.2 Å². The Morgan fingerprint density at radius 2 is 1.79 bits per heavy atom. The maximum absolute atomic E-state index is 11.9. The van der Waals surface area contributed by atoms with Gasteiger partial charge in [0.25, 0.3) is 0 Å². The van der Waals surface area contributed by atoms with Crippen molar-refractivity contribution in [2.45, 2.75) is 13.8 Å². The molecular weight excluding hydrogens is 246 g/mol. The normalized spacial score (nSPS) is 10.4. The third kappa shape index (κ3) is 3.68. The first-order chi connectivity index (χ1) is 9.04. The SMILES string of the molecule is COC(=O)c1cc(C)cc(C)c1N(CCO)CCO. The Morgan fingerprint density at radius 1 is 1.21 bits per heavy atom. The molecule has 0 saturated carbocycles. The van der Waals surface area contributed by atoms with Gasteiger partial charge in [0.1, 0.15) is 0 Å². The van der Waals surface area contributed by atoms with Crippen molar-refractivity contribution in [2.75, 3.05) is 38.3 Å². The second kappa shape index (κ2) is 7.11. The summed E-state index contributed by atoms with van der Waals surface area (Å²) in [5.74, 6) is -0.414. The van der Waals surface area contributed by atoms with Crippen molar-refractivity contribution in [3.63, 3.8) is 0 Å². The number of hydrogen-bond donors (Lipinski definition) is 2. The molecule has 0 aromatic heterocycles. The molecule has 106 valence electrons. The van der Waals surface area contributed by atoms with Crippen LogP contribution < -0.4 is 4.90 Å². The van der Waals surface area contributed by atoms with Crippen molar-refractivity contribution >= 4 is 11.7 Å². The summed E-state index contributed by atoms with van der Waals surface area (Å²) in [6.07, 6.45) is 0. The molecule has 5 heteroatoms. The predicted octanol–water partition coefficient (Wildman–Crippen LogP) is 0.881. The second-order valence-corrected chi connectivity index (χ2v) is 4.40. The minimum absolute atomic E-state index is 0.0477. The average molecular weight is 267 g/mol. The molecule has 1 aromatic carbocycles. The van der Waals surface area contributed by atoms with Crippen LogP contribution in [0.1, 0.15) is 21.5 Å². The number of rotatable bonds is 6. The van der Waals surface area contributed by atoms with Gasteiger partial charge < -0.3 is 19.8 Å². The number of ether oxygens (including phenoxy) is 1. The summed E-state index contributed by atoms with van der Waals surface area (Å²) in [6, 6.07) is 3.72. The van der Waals surface area contributed by atoms with Crippen LogP contribution in [0.3, 0.4) is 0 Å². The molecule has 19 heavy (non-hydrogen) atoms. The molecule has 0 spiro atoms. The van der Waals surface area contributed by atoms with Crippen LogP contribution in [0.15, 0.2) is 12.1 Å². The minimum Gasteiger partial charge on any atom is -0.465 e. The van der Waals surface area contributed by atoms with Crippen molar-refractivity contribution in [3.8, 4) is 0 Å². The molecule has 2 N–H and O–H groups in total. The number of nitrogens with zero attached hydrogens (tertiary/aromatic N) is 1. The van der Waals surface area contributed by atoms with Gasteiger partial charge in [0, 0.05) is 13.1 Å². The van der Waals surface area contributed by atoms with Crippen LogP contribution in [-0.4, -0.2) is 49.6 Å². The van der Waals surface area contributed by atoms with Crippen LogP contribution in [0, 0.1) is 13.8 Å². The molecule has 0 heterocycles. The van der Waals surface area contributed by atoms with Crippen LogP contribution in [0.25, 0.3) is 0 Å². The first kappa shape index (κ1) is 15.5. The zero-order valence-corrected chi connectivity index (χ0v) is 11.6. The van der Waals surface area contributed by atoms with Gasteiger partial charge in [0.15, 0.2) is 0 Å². The van der Waals surface area contributed by atoms with Crippen molar-refractivity contribution in [1.29, 1.82) is 0 Å². The lowest BCUT2D eigenvalue weighted by Crippen LogP contribution is -2.32. The third-order valence-electron chi connectivity index (χ3n) is 2.91. The fraction of sp³-hybridized carbons (Fsp3) is 0.500. The Kier molecular flexibility index (Phi) is 5.79. The highest BCUT2D eigenvalue weighted by molar-refractivity contribution is 5.97. The molecular formula is C14H21NO4. The van der Waals surface area contributed by atoms with E-state index in [4.69, 9.17) is 14.9 Å². The molecule has 1 rings (SSSR count). The van der Waals surface area contributed by atoms with E-state index in [1.165, 1.54) is 7.11 Å². The number of benzene rings is 1. The number of aliphatic hydroxyl groups excluding tert-OH is 2. The summed E-state index contributed by atoms with van der Waals surface area (Å²) in [5.41, 5.74) is 3.05. The maximum Gasteiger partial charge on any atom is 0.339 e. The summed E-state index contributed by atoms with van der Waals surface area (Å²) in [6.45, 7) is 4.42. The van der Waals surface area contributed by atoms with Gasteiger partial charge >= 0.3 is 5.97 Å². The number of hydrogen-bond acceptors (Lipinski definition) is 5. The molecule has 0 unspecified atom stereocenters. The Morgan fingerprint density at radius 3 is 2.26 bits per heavy atom. The first-order valence-electron chi connectivity index (χ1n) is 6.21. The van der Waals surface area contributed by atoms with Gasteiger partial charge in [-0.2, -0.15) is 0 Å². The topological polar surface area (TPSA) is 70.0 Å². The van der Waals surface area contributed by atoms with Crippen molar-refractivity contribution in [3.05, 3.63) is 28.8 Å². The number of anilines is 1. The molecule has 0 amide bonds. The molecule has 0 fully saturated rings. The summed E-state index contributed by atoms with van der Waals surface area (Å²) >= 11 is 0. The fourth-order valence-electron chi connectivity index (χ4n) is 2.22. The van der Waals surface area contributed by atoms with Crippen LogP contribution in [0.5, 0.6) is 0 Å². The number of aliphatic hydroxyl groups is 2. The lowest BCUT2D eigenvalue weighted by molar-refractivity contribution is 0.0601. The first-order valence-corrected chi connectivity index (χ1v) is 6.21. The van der Waals surface area contributed by atoms with Crippen molar-refractivity contribution < 1.29 is 19.7 Å². The van der Waals surface area contributed by atoms with E-state index < -0.39 is 5.97 Å². The highest BCUT2D eigenvalue weighted by Crippen LogP contribution is 2.27. The molecule has 0 saturated heterocycles. The molecule has 1 aromatic rings. The Hall–Kier alpha value is -1.59. The van der Waals surface area contributed by atoms with E-state index >= 15 is 0 Å². The van der Waals surface area contributed by atoms with E-state index in [0.29, 0.717) is 24.3 Å². The van der Waals surface area contributed by atoms with E-state index in [1.54, 1.807) is 11.0 Å². The monoisotopic (exact) mass is 267 g/mol. The zero-order valence-electron chi connectivity index (χ0n) is 11.6. The van der Waals surface area contributed by atoms with Crippen LogP contribution in [0.2, 0.25) is 0 Å². The zero-order chi connectivity index (χ0) is 14.4. The highest BCUT2D eigenvalue weighted by Gasteiger charge is 2.19. The summed E-state index contributed by atoms with van der Waals surface area (Å²) < 4.78 is 4.80. The predicted molar refractivity (Wildman–Crippen MR) is 73.6 cm³/mol. The Bertz CT molecular complexity index is 439. The molecule has 0 aliphatic carbocycles. The second-order valence-electron chi connectivity index (χ2n) is 4.40. The molecule has 0 bridgehead atoms. The van der Waals surface area contributed by atoms with Crippen LogP contribution in [0.4, 0.5) is 5.69 Å². The number of esters is 1. The molecule has 0 aliphatic heterocycles. The molecule has 0 aliphatic rings. The summed E-state index contributed by atoms with van der Waals surface area (Å²) in [4.78, 5) is 13.7. The molecule has 0 radical (unpaired) electrons. The largest absolute Gasteiger partial charge is 0.465 e. The average Bonchev–Trinajstić information content (AvgIpc) is 2.37. The number of methoxy groups -OCH3 is 1. The van der Waals surface area contributed by atoms with Crippen molar-refractivity contribution in [2.24, 2.45) is 0 Å². The highest BCUT2D eigenvalue weighted by atomic mass is 16.5. The quantitative estimate of drug-likeness (QED) is 0.749. The fourth-order valence-corrected chi connectivity index (χ4v) is 2.22. The number of carbonyl (C=O) groups excluding carboxylic acids is 1. The van der Waals surface area contributed by atoms with Crippen molar-refractivity contribution in [1.82, 2.24) is 0 Å². The third-order valence-corrected chi connectivity index (χ3v) is 2.91. The standard InChI is InChI=1S/C14H21NO4/c1-10-8-11(2)13(12(9-10)14(18)19-3)15(4-6-16)5-7-17/h8-9,16-17H,4-7H2,1-3H3. The van der Waals surface area contributed by atoms with Gasteiger partial charge in [-0.3, -0.25) is 0 Å². The van der Waals surface area contributed by atoms with Gasteiger partial charge in [-0.05, 0) is 31.0 Å². The summed E-state index contributed by atoms with van der Waals surface area (Å²) in [7, 11) is 1.34. The number of carbonyl (C=O) groups is 1. The van der Waals surface area contributed by atoms with Gasteiger partial charge in [-0.25, -0.2) is 4.79 Å². The Balaban J connectivity index is 3.32. The molecule has 0 atom stereocenters. The van der Waals surface area contributed by atoms with Gasteiger partial charge in [-0.15, -0.1) is 0 Å². The smallest absolute Gasteiger partial charge is 0.339 e. The number of aryl methyl sites for hydroxylation is 2. The van der Waals surface area contributed by atoms with E-state index in [9.17, 15) is 4.79 Å². The van der Waals surface area contributed by atoms with Gasteiger partial charge in [0.2, 0.25) is 0 Å². The van der Waals surface area contributed by atoms with E-state index in [2.05, 4.69) is 0 Å². The van der Waals surface area contributed by atoms with Crippen LogP contribution >= 0.6 is 0 Å². The van der Waals surface area contributed by atoms with E-state index in [0.717, 1.165) is 11.1 Å². The lowest BCUT2D eigenvalue weighted by Gasteiger charge is -2.27. The van der Waals surface area contributed by atoms with E-state index in [1.807, 2.05) is 19.9 Å². The van der Waals surface area contributed by atoms with Crippen LogP contribution in [-0.2, 0) is 4.74 Å². The lowest BCUT2D eigenvalue weighted by atomic mass is 10.0. The maximum atomic E-state index is 11.9. The minimum atomic E-state index is -0.414. The van der Waals surface area contributed by atoms with Gasteiger partial charge in [-0.1, -0.05) is 6.07 Å². The molecule has 5 nitrogen and oxygen atoms in total. The Labute approximate surface area is 113 Å². The van der Waals surface area contributed by atoms with Gasteiger partial charge in [0.05, 0.1) is 31.6 Å².